The molecule has 0 atom stereocenters. The van der Waals surface area contributed by atoms with Gasteiger partial charge in [-0.1, -0.05) is 30.3 Å². The van der Waals surface area contributed by atoms with Crippen molar-refractivity contribution < 1.29 is 23.1 Å². The maximum Gasteiger partial charge on any atom is 0.337 e. The van der Waals surface area contributed by atoms with E-state index < -0.39 is 22.0 Å². The fourth-order valence-corrected chi connectivity index (χ4v) is 4.38. The number of hydrogen-bond acceptors (Lipinski definition) is 7. The summed E-state index contributed by atoms with van der Waals surface area (Å²) in [6.07, 6.45) is 0. The molecule has 162 valence electrons. The summed E-state index contributed by atoms with van der Waals surface area (Å²) in [5, 5.41) is 18.6. The van der Waals surface area contributed by atoms with Crippen molar-refractivity contribution >= 4 is 27.8 Å². The molecule has 1 aliphatic heterocycles. The van der Waals surface area contributed by atoms with Crippen molar-refractivity contribution in [3.8, 4) is 6.07 Å². The van der Waals surface area contributed by atoms with E-state index in [-0.39, 0.29) is 35.7 Å². The van der Waals surface area contributed by atoms with Crippen LogP contribution < -0.4 is 9.62 Å². The van der Waals surface area contributed by atoms with Crippen molar-refractivity contribution in [2.45, 2.75) is 12.7 Å². The van der Waals surface area contributed by atoms with E-state index in [1.165, 1.54) is 11.0 Å². The molecule has 0 saturated carbocycles. The van der Waals surface area contributed by atoms with Crippen LogP contribution >= 0.6 is 0 Å². The number of carboxylic acids is 1. The smallest absolute Gasteiger partial charge is 0.337 e. The van der Waals surface area contributed by atoms with Crippen molar-refractivity contribution in [1.82, 2.24) is 14.6 Å². The molecule has 11 heteroatoms. The highest BCUT2D eigenvalue weighted by Gasteiger charge is 2.27. The molecule has 1 saturated heterocycles. The van der Waals surface area contributed by atoms with Crippen LogP contribution in [0.1, 0.15) is 27.2 Å². The predicted octanol–water partition coefficient (Wildman–Crippen LogP) is 1.32. The molecule has 1 aliphatic rings. The molecule has 0 aliphatic carbocycles. The number of aromatic carboxylic acids is 1. The van der Waals surface area contributed by atoms with Crippen LogP contribution in [0.15, 0.2) is 36.4 Å². The van der Waals surface area contributed by atoms with Crippen LogP contribution in [0.3, 0.4) is 0 Å². The lowest BCUT2D eigenvalue weighted by atomic mass is 10.1. The molecule has 0 unspecified atom stereocenters. The van der Waals surface area contributed by atoms with Crippen molar-refractivity contribution in [3.05, 3.63) is 58.8 Å². The van der Waals surface area contributed by atoms with Gasteiger partial charge < -0.3 is 14.9 Å². The topological polar surface area (TPSA) is 144 Å². The first-order chi connectivity index (χ1) is 14.7. The molecule has 2 heterocycles. The molecule has 1 aromatic carbocycles. The fraction of sp³-hybridized carbons (Fsp3) is 0.300. The molecule has 2 amide bonds. The van der Waals surface area contributed by atoms with Gasteiger partial charge in [0, 0.05) is 26.2 Å². The molecule has 1 aromatic heterocycles. The maximum absolute atomic E-state index is 12.4. The molecule has 0 spiro atoms. The van der Waals surface area contributed by atoms with Crippen LogP contribution in [0.4, 0.5) is 10.6 Å². The number of nitriles is 1. The first kappa shape index (κ1) is 22.0. The Balaban J connectivity index is 1.64. The number of carbonyl (C=O) groups is 2. The number of rotatable bonds is 5. The van der Waals surface area contributed by atoms with Gasteiger partial charge >= 0.3 is 12.0 Å². The molecule has 0 radical (unpaired) electrons. The Morgan fingerprint density at radius 3 is 2.42 bits per heavy atom. The van der Waals surface area contributed by atoms with Crippen molar-refractivity contribution in [2.75, 3.05) is 31.1 Å². The molecular weight excluding hydrogens is 422 g/mol. The van der Waals surface area contributed by atoms with Crippen LogP contribution in [-0.4, -0.2) is 61.6 Å². The predicted molar refractivity (Wildman–Crippen MR) is 112 cm³/mol. The Bertz CT molecular complexity index is 1140. The summed E-state index contributed by atoms with van der Waals surface area (Å²) in [6.45, 7) is 2.63. The summed E-state index contributed by atoms with van der Waals surface area (Å²) < 4.78 is 26.7. The minimum Gasteiger partial charge on any atom is -0.478 e. The average Bonchev–Trinajstić information content (AvgIpc) is 2.73. The van der Waals surface area contributed by atoms with E-state index in [4.69, 9.17) is 0 Å². The van der Waals surface area contributed by atoms with E-state index in [0.717, 1.165) is 0 Å². The van der Waals surface area contributed by atoms with Crippen molar-refractivity contribution in [2.24, 2.45) is 0 Å². The second-order valence-corrected chi connectivity index (χ2v) is 8.76. The first-order valence-corrected chi connectivity index (χ1v) is 11.1. The van der Waals surface area contributed by atoms with Gasteiger partial charge in [-0.2, -0.15) is 5.26 Å². The number of hydrogen-bond donors (Lipinski definition) is 2. The Morgan fingerprint density at radius 1 is 1.19 bits per heavy atom. The molecule has 3 rings (SSSR count). The summed E-state index contributed by atoms with van der Waals surface area (Å²) in [6, 6.07) is 11.1. The summed E-state index contributed by atoms with van der Waals surface area (Å²) in [4.78, 5) is 31.1. The van der Waals surface area contributed by atoms with Crippen LogP contribution in [0.25, 0.3) is 0 Å². The number of aromatic nitrogens is 1. The van der Waals surface area contributed by atoms with E-state index in [0.29, 0.717) is 24.5 Å². The zero-order chi connectivity index (χ0) is 22.6. The highest BCUT2D eigenvalue weighted by molar-refractivity contribution is 7.89. The summed E-state index contributed by atoms with van der Waals surface area (Å²) in [7, 11) is -3.84. The van der Waals surface area contributed by atoms with Crippen LogP contribution in [0.5, 0.6) is 0 Å². The summed E-state index contributed by atoms with van der Waals surface area (Å²) in [5.41, 5.74) is 0.949. The zero-order valence-electron chi connectivity index (χ0n) is 16.8. The SMILES string of the molecule is Cc1nc(N2CCN(C(=O)NS(=O)(=O)Cc3ccccc3)CC2)c(C#N)cc1C(=O)O. The second kappa shape index (κ2) is 9.01. The number of anilines is 1. The number of carbonyl (C=O) groups excluding carboxylic acids is 1. The third kappa shape index (κ3) is 5.29. The Morgan fingerprint density at radius 2 is 1.84 bits per heavy atom. The van der Waals surface area contributed by atoms with Gasteiger partial charge in [0.1, 0.15) is 11.9 Å². The summed E-state index contributed by atoms with van der Waals surface area (Å²) in [5.74, 6) is -1.11. The Kier molecular flexibility index (Phi) is 6.41. The van der Waals surface area contributed by atoms with Crippen LogP contribution in [-0.2, 0) is 15.8 Å². The van der Waals surface area contributed by atoms with Gasteiger partial charge in [0.15, 0.2) is 0 Å². The standard InChI is InChI=1S/C20H21N5O5S/c1-14-17(19(26)27)11-16(12-21)18(22-14)24-7-9-25(10-8-24)20(28)23-31(29,30)13-15-5-3-2-4-6-15/h2-6,11H,7-10,13H2,1H3,(H,23,28)(H,26,27). The molecule has 1 fully saturated rings. The minimum absolute atomic E-state index is 0.0399. The molecule has 0 bridgehead atoms. The number of pyridine rings is 1. The van der Waals surface area contributed by atoms with Gasteiger partial charge in [0.2, 0.25) is 10.0 Å². The molecule has 2 aromatic rings. The Hall–Kier alpha value is -3.65. The van der Waals surface area contributed by atoms with Gasteiger partial charge in [-0.05, 0) is 18.6 Å². The quantitative estimate of drug-likeness (QED) is 0.704. The highest BCUT2D eigenvalue weighted by atomic mass is 32.2. The molecule has 10 nitrogen and oxygen atoms in total. The Labute approximate surface area is 179 Å². The molecular formula is C20H21N5O5S. The third-order valence-electron chi connectivity index (χ3n) is 4.85. The number of nitrogens with one attached hydrogen (secondary N) is 1. The van der Waals surface area contributed by atoms with Crippen molar-refractivity contribution in [3.63, 3.8) is 0 Å². The van der Waals surface area contributed by atoms with Crippen molar-refractivity contribution in [1.29, 1.82) is 5.26 Å². The number of aryl methyl sites for hydroxylation is 1. The van der Waals surface area contributed by atoms with Gasteiger partial charge in [-0.3, -0.25) is 0 Å². The third-order valence-corrected chi connectivity index (χ3v) is 6.05. The second-order valence-electron chi connectivity index (χ2n) is 7.04. The number of urea groups is 1. The van der Waals surface area contributed by atoms with E-state index in [9.17, 15) is 28.4 Å². The van der Waals surface area contributed by atoms with Gasteiger partial charge in [0.05, 0.1) is 22.6 Å². The number of benzene rings is 1. The monoisotopic (exact) mass is 443 g/mol. The van der Waals surface area contributed by atoms with E-state index in [1.807, 2.05) is 6.07 Å². The number of amides is 2. The van der Waals surface area contributed by atoms with Crippen LogP contribution in [0.2, 0.25) is 0 Å². The largest absolute Gasteiger partial charge is 0.478 e. The maximum atomic E-state index is 12.4. The number of nitrogens with zero attached hydrogens (tertiary/aromatic N) is 4. The number of sulfonamides is 1. The number of carboxylic acid groups (broad SMARTS) is 1. The van der Waals surface area contributed by atoms with E-state index >= 15 is 0 Å². The lowest BCUT2D eigenvalue weighted by Crippen LogP contribution is -2.53. The van der Waals surface area contributed by atoms with E-state index in [2.05, 4.69) is 9.71 Å². The lowest BCUT2D eigenvalue weighted by Gasteiger charge is -2.35. The lowest BCUT2D eigenvalue weighted by molar-refractivity contribution is 0.0695. The molecule has 31 heavy (non-hydrogen) atoms. The van der Waals surface area contributed by atoms with E-state index in [1.54, 1.807) is 42.2 Å². The molecule has 2 N–H and O–H groups in total. The normalized spacial score (nSPS) is 14.1. The van der Waals surface area contributed by atoms with Crippen LogP contribution in [0, 0.1) is 18.3 Å². The first-order valence-electron chi connectivity index (χ1n) is 9.43. The highest BCUT2D eigenvalue weighted by Crippen LogP contribution is 2.22. The summed E-state index contributed by atoms with van der Waals surface area (Å²) >= 11 is 0. The number of piperazine rings is 1. The van der Waals surface area contributed by atoms with Gasteiger partial charge in [0.25, 0.3) is 0 Å². The average molecular weight is 443 g/mol. The van der Waals surface area contributed by atoms with Gasteiger partial charge in [-0.15, -0.1) is 0 Å². The van der Waals surface area contributed by atoms with Gasteiger partial charge in [-0.25, -0.2) is 27.7 Å². The fourth-order valence-electron chi connectivity index (χ4n) is 3.28. The zero-order valence-corrected chi connectivity index (χ0v) is 17.6. The minimum atomic E-state index is -3.84.